The minimum atomic E-state index is -0.525. The second-order valence-corrected chi connectivity index (χ2v) is 8.51. The Morgan fingerprint density at radius 2 is 2.16 bits per heavy atom. The van der Waals surface area contributed by atoms with Crippen molar-refractivity contribution in [3.05, 3.63) is 58.0 Å². The number of carbonyl (C=O) groups is 2. The number of hydrogen-bond donors (Lipinski definition) is 1. The van der Waals surface area contributed by atoms with Gasteiger partial charge in [-0.25, -0.2) is 14.5 Å². The molecule has 0 aromatic carbocycles. The van der Waals surface area contributed by atoms with E-state index in [0.29, 0.717) is 41.3 Å². The first-order chi connectivity index (χ1) is 14.9. The van der Waals surface area contributed by atoms with E-state index in [0.717, 1.165) is 21.6 Å². The summed E-state index contributed by atoms with van der Waals surface area (Å²) in [7, 11) is 0. The maximum Gasteiger partial charge on any atom is 0.259 e. The predicted molar refractivity (Wildman–Crippen MR) is 115 cm³/mol. The van der Waals surface area contributed by atoms with E-state index in [2.05, 4.69) is 15.1 Å². The summed E-state index contributed by atoms with van der Waals surface area (Å²) in [6.45, 7) is 4.89. The molecule has 5 heterocycles. The molecule has 1 fully saturated rings. The molecule has 1 aliphatic heterocycles. The number of pyridine rings is 1. The van der Waals surface area contributed by atoms with Crippen molar-refractivity contribution in [2.75, 3.05) is 19.7 Å². The maximum absolute atomic E-state index is 13.4. The summed E-state index contributed by atoms with van der Waals surface area (Å²) in [4.78, 5) is 37.2. The summed E-state index contributed by atoms with van der Waals surface area (Å²) in [5.41, 5.74) is 9.04. The molecular formula is C21H20N6O3S. The first-order valence-electron chi connectivity index (χ1n) is 9.84. The van der Waals surface area contributed by atoms with Gasteiger partial charge in [0.1, 0.15) is 21.4 Å². The van der Waals surface area contributed by atoms with Gasteiger partial charge in [0.2, 0.25) is 0 Å². The van der Waals surface area contributed by atoms with E-state index in [9.17, 15) is 9.59 Å². The van der Waals surface area contributed by atoms with Crippen LogP contribution in [0.1, 0.15) is 43.1 Å². The summed E-state index contributed by atoms with van der Waals surface area (Å²) in [6.07, 6.45) is 2.75. The quantitative estimate of drug-likeness (QED) is 0.527. The third-order valence-corrected chi connectivity index (χ3v) is 6.56. The van der Waals surface area contributed by atoms with Gasteiger partial charge in [-0.2, -0.15) is 5.10 Å². The fraction of sp³-hybridized carbons (Fsp3) is 0.286. The van der Waals surface area contributed by atoms with E-state index in [1.165, 1.54) is 11.3 Å². The molecule has 1 atom stereocenters. The first-order valence-corrected chi connectivity index (χ1v) is 10.7. The average Bonchev–Trinajstić information content (AvgIpc) is 3.35. The van der Waals surface area contributed by atoms with Crippen LogP contribution < -0.4 is 5.73 Å². The molecule has 31 heavy (non-hydrogen) atoms. The molecule has 0 radical (unpaired) electrons. The lowest BCUT2D eigenvalue weighted by Crippen LogP contribution is -2.42. The van der Waals surface area contributed by atoms with Crippen LogP contribution in [-0.2, 0) is 4.74 Å². The molecule has 1 saturated heterocycles. The van der Waals surface area contributed by atoms with E-state index in [4.69, 9.17) is 10.5 Å². The van der Waals surface area contributed by atoms with E-state index in [1.807, 2.05) is 32.0 Å². The minimum Gasteiger partial charge on any atom is -0.370 e. The summed E-state index contributed by atoms with van der Waals surface area (Å²) in [5.74, 6) is -0.693. The Morgan fingerprint density at radius 3 is 2.97 bits per heavy atom. The summed E-state index contributed by atoms with van der Waals surface area (Å²) >= 11 is 1.25. The number of aromatic nitrogens is 4. The average molecular weight is 436 g/mol. The van der Waals surface area contributed by atoms with Gasteiger partial charge < -0.3 is 15.4 Å². The van der Waals surface area contributed by atoms with Crippen molar-refractivity contribution in [2.24, 2.45) is 5.73 Å². The van der Waals surface area contributed by atoms with E-state index < -0.39 is 12.0 Å². The highest BCUT2D eigenvalue weighted by Crippen LogP contribution is 2.37. The highest BCUT2D eigenvalue weighted by Gasteiger charge is 2.32. The van der Waals surface area contributed by atoms with E-state index >= 15 is 0 Å². The van der Waals surface area contributed by atoms with Gasteiger partial charge in [-0.05, 0) is 26.0 Å². The fourth-order valence-electron chi connectivity index (χ4n) is 4.05. The lowest BCUT2D eigenvalue weighted by molar-refractivity contribution is -0.0221. The lowest BCUT2D eigenvalue weighted by Gasteiger charge is -2.33. The van der Waals surface area contributed by atoms with Crippen molar-refractivity contribution in [3.8, 4) is 0 Å². The van der Waals surface area contributed by atoms with Crippen LogP contribution in [0.4, 0.5) is 0 Å². The summed E-state index contributed by atoms with van der Waals surface area (Å²) in [5, 5.41) is 5.15. The van der Waals surface area contributed by atoms with Crippen LogP contribution in [0.2, 0.25) is 0 Å². The fourth-order valence-corrected chi connectivity index (χ4v) is 5.10. The van der Waals surface area contributed by atoms with Gasteiger partial charge in [0.25, 0.3) is 11.8 Å². The number of amides is 2. The van der Waals surface area contributed by atoms with Gasteiger partial charge in [-0.3, -0.25) is 9.59 Å². The van der Waals surface area contributed by atoms with Gasteiger partial charge in [0.15, 0.2) is 5.65 Å². The van der Waals surface area contributed by atoms with Gasteiger partial charge in [0, 0.05) is 35.1 Å². The van der Waals surface area contributed by atoms with Crippen molar-refractivity contribution in [3.63, 3.8) is 0 Å². The second-order valence-electron chi connectivity index (χ2n) is 7.51. The zero-order chi connectivity index (χ0) is 21.7. The Balaban J connectivity index is 1.51. The second kappa shape index (κ2) is 7.40. The van der Waals surface area contributed by atoms with Crippen molar-refractivity contribution in [1.82, 2.24) is 24.5 Å². The highest BCUT2D eigenvalue weighted by molar-refractivity contribution is 7.20. The highest BCUT2D eigenvalue weighted by atomic mass is 32.1. The van der Waals surface area contributed by atoms with Crippen LogP contribution in [-0.4, -0.2) is 56.0 Å². The molecule has 0 spiro atoms. The number of rotatable bonds is 3. The van der Waals surface area contributed by atoms with Crippen molar-refractivity contribution in [2.45, 2.75) is 20.0 Å². The zero-order valence-corrected chi connectivity index (χ0v) is 17.8. The molecule has 2 N–H and O–H groups in total. The molecule has 10 heteroatoms. The number of fused-ring (bicyclic) bond motifs is 2. The van der Waals surface area contributed by atoms with Crippen molar-refractivity contribution in [1.29, 1.82) is 0 Å². The standard InChI is InChI=1S/C21H20N6O3S/c1-11-8-12(2)27-19(25-11)14(9-24-27)21(29)26-6-7-30-15(10-26)16-13-4-3-5-23-20(13)31-17(16)18(22)28/h3-5,8-9,15H,6-7,10H2,1-2H3,(H2,22,28)/t15-/m1/s1. The van der Waals surface area contributed by atoms with Crippen LogP contribution in [0.25, 0.3) is 15.9 Å². The Kier molecular flexibility index (Phi) is 4.67. The van der Waals surface area contributed by atoms with Crippen LogP contribution >= 0.6 is 11.3 Å². The van der Waals surface area contributed by atoms with Crippen LogP contribution in [0.3, 0.4) is 0 Å². The largest absolute Gasteiger partial charge is 0.370 e. The van der Waals surface area contributed by atoms with Gasteiger partial charge in [-0.15, -0.1) is 11.3 Å². The Hall–Kier alpha value is -3.37. The van der Waals surface area contributed by atoms with Gasteiger partial charge in [0.05, 0.1) is 19.3 Å². The van der Waals surface area contributed by atoms with Crippen molar-refractivity contribution >= 4 is 39.0 Å². The Labute approximate surface area is 181 Å². The smallest absolute Gasteiger partial charge is 0.259 e. The first kappa shape index (κ1) is 19.6. The number of thiophene rings is 1. The summed E-state index contributed by atoms with van der Waals surface area (Å²) < 4.78 is 7.65. The number of hydrogen-bond acceptors (Lipinski definition) is 7. The van der Waals surface area contributed by atoms with E-state index in [-0.39, 0.29) is 5.91 Å². The van der Waals surface area contributed by atoms with Gasteiger partial charge in [-0.1, -0.05) is 6.07 Å². The predicted octanol–water partition coefficient (Wildman–Crippen LogP) is 2.27. The number of carbonyl (C=O) groups excluding carboxylic acids is 2. The number of aryl methyl sites for hydroxylation is 2. The molecule has 0 saturated carbocycles. The molecular weight excluding hydrogens is 416 g/mol. The minimum absolute atomic E-state index is 0.168. The summed E-state index contributed by atoms with van der Waals surface area (Å²) in [6, 6.07) is 5.62. The number of morpholine rings is 1. The lowest BCUT2D eigenvalue weighted by atomic mass is 10.0. The van der Waals surface area contributed by atoms with Crippen molar-refractivity contribution < 1.29 is 14.3 Å². The van der Waals surface area contributed by atoms with Crippen LogP contribution in [0, 0.1) is 13.8 Å². The zero-order valence-electron chi connectivity index (χ0n) is 17.0. The molecule has 5 rings (SSSR count). The Morgan fingerprint density at radius 1 is 1.32 bits per heavy atom. The molecule has 4 aromatic heterocycles. The van der Waals surface area contributed by atoms with E-state index in [1.54, 1.807) is 21.8 Å². The molecule has 9 nitrogen and oxygen atoms in total. The Bertz CT molecular complexity index is 1340. The third kappa shape index (κ3) is 3.24. The number of nitrogens with zero attached hydrogens (tertiary/aromatic N) is 5. The number of nitrogens with two attached hydrogens (primary N) is 1. The molecule has 1 aliphatic rings. The third-order valence-electron chi connectivity index (χ3n) is 5.41. The maximum atomic E-state index is 13.4. The molecule has 0 bridgehead atoms. The number of ether oxygens (including phenoxy) is 1. The van der Waals surface area contributed by atoms with Gasteiger partial charge >= 0.3 is 0 Å². The molecule has 2 amide bonds. The van der Waals surface area contributed by atoms with Crippen LogP contribution in [0.5, 0.6) is 0 Å². The topological polar surface area (TPSA) is 116 Å². The normalized spacial score (nSPS) is 16.8. The van der Waals surface area contributed by atoms with Crippen LogP contribution in [0.15, 0.2) is 30.6 Å². The molecule has 158 valence electrons. The number of primary amides is 1. The SMILES string of the molecule is Cc1cc(C)n2ncc(C(=O)N3CCO[C@@H](c4c(C(N)=O)sc5ncccc45)C3)c2n1. The molecule has 0 aliphatic carbocycles. The molecule has 4 aromatic rings. The monoisotopic (exact) mass is 436 g/mol. The molecule has 0 unspecified atom stereocenters.